The zero-order chi connectivity index (χ0) is 14.3. The first kappa shape index (κ1) is 15.8. The Morgan fingerprint density at radius 1 is 1.32 bits per heavy atom. The normalized spacial score (nSPS) is 23.9. The van der Waals surface area contributed by atoms with Crippen LogP contribution < -0.4 is 10.6 Å². The molecule has 5 nitrogen and oxygen atoms in total. The van der Waals surface area contributed by atoms with Gasteiger partial charge in [-0.1, -0.05) is 26.7 Å². The highest BCUT2D eigenvalue weighted by Crippen LogP contribution is 2.29. The number of urea groups is 1. The van der Waals surface area contributed by atoms with E-state index < -0.39 is 5.97 Å². The van der Waals surface area contributed by atoms with E-state index in [1.54, 1.807) is 0 Å². The second-order valence-electron chi connectivity index (χ2n) is 5.75. The molecule has 0 aromatic heterocycles. The van der Waals surface area contributed by atoms with Gasteiger partial charge in [0.2, 0.25) is 0 Å². The number of carbonyl (C=O) groups is 2. The Kier molecular flexibility index (Phi) is 6.67. The Labute approximate surface area is 115 Å². The molecule has 1 aliphatic carbocycles. The summed E-state index contributed by atoms with van der Waals surface area (Å²) < 4.78 is 0. The van der Waals surface area contributed by atoms with Crippen molar-refractivity contribution < 1.29 is 14.7 Å². The summed E-state index contributed by atoms with van der Waals surface area (Å²) in [6, 6.07) is -0.177. The van der Waals surface area contributed by atoms with Crippen LogP contribution in [0.1, 0.15) is 46.0 Å². The largest absolute Gasteiger partial charge is 0.481 e. The lowest BCUT2D eigenvalue weighted by molar-refractivity contribution is -0.138. The number of carbonyl (C=O) groups excluding carboxylic acids is 1. The third-order valence-electron chi connectivity index (χ3n) is 3.95. The fourth-order valence-electron chi connectivity index (χ4n) is 2.65. The van der Waals surface area contributed by atoms with Crippen LogP contribution >= 0.6 is 0 Å². The van der Waals surface area contributed by atoms with Gasteiger partial charge >= 0.3 is 12.0 Å². The molecule has 0 aromatic carbocycles. The second-order valence-corrected chi connectivity index (χ2v) is 5.75. The molecular weight excluding hydrogens is 244 g/mol. The fraction of sp³-hybridized carbons (Fsp3) is 0.857. The van der Waals surface area contributed by atoms with Gasteiger partial charge in [-0.05, 0) is 30.6 Å². The first-order chi connectivity index (χ1) is 9.01. The molecule has 1 saturated carbocycles. The summed E-state index contributed by atoms with van der Waals surface area (Å²) >= 11 is 0. The number of nitrogens with one attached hydrogen (secondary N) is 2. The van der Waals surface area contributed by atoms with Crippen LogP contribution in [0.25, 0.3) is 0 Å². The molecular formula is C14H26N2O3. The monoisotopic (exact) mass is 270 g/mol. The minimum atomic E-state index is -0.811. The smallest absolute Gasteiger partial charge is 0.314 e. The van der Waals surface area contributed by atoms with Gasteiger partial charge in [-0.3, -0.25) is 4.79 Å². The molecule has 1 rings (SSSR count). The number of carboxylic acid groups (broad SMARTS) is 1. The van der Waals surface area contributed by atoms with Crippen LogP contribution in [-0.2, 0) is 4.79 Å². The van der Waals surface area contributed by atoms with Crippen LogP contribution in [0, 0.1) is 17.8 Å². The third-order valence-corrected chi connectivity index (χ3v) is 3.95. The first-order valence-corrected chi connectivity index (χ1v) is 7.24. The van der Waals surface area contributed by atoms with E-state index in [1.165, 1.54) is 19.3 Å². The summed E-state index contributed by atoms with van der Waals surface area (Å²) in [5, 5.41) is 14.4. The third kappa shape index (κ3) is 6.45. The molecule has 0 aliphatic heterocycles. The molecule has 3 N–H and O–H groups in total. The minimum absolute atomic E-state index is 0.00903. The van der Waals surface area contributed by atoms with Gasteiger partial charge < -0.3 is 15.7 Å². The number of hydrogen-bond acceptors (Lipinski definition) is 2. The maximum absolute atomic E-state index is 11.6. The molecule has 0 spiro atoms. The van der Waals surface area contributed by atoms with E-state index in [0.717, 1.165) is 18.9 Å². The Morgan fingerprint density at radius 2 is 2.05 bits per heavy atom. The van der Waals surface area contributed by atoms with E-state index in [1.807, 2.05) is 6.92 Å². The Balaban J connectivity index is 2.14. The Morgan fingerprint density at radius 3 is 2.58 bits per heavy atom. The van der Waals surface area contributed by atoms with Crippen molar-refractivity contribution in [2.24, 2.45) is 17.8 Å². The van der Waals surface area contributed by atoms with Gasteiger partial charge in [0.25, 0.3) is 0 Å². The van der Waals surface area contributed by atoms with Gasteiger partial charge in [-0.15, -0.1) is 0 Å². The molecule has 0 radical (unpaired) electrons. The Hall–Kier alpha value is -1.26. The van der Waals surface area contributed by atoms with E-state index >= 15 is 0 Å². The topological polar surface area (TPSA) is 78.4 Å². The quantitative estimate of drug-likeness (QED) is 0.663. The highest BCUT2D eigenvalue weighted by atomic mass is 16.4. The fourth-order valence-corrected chi connectivity index (χ4v) is 2.65. The van der Waals surface area contributed by atoms with Crippen molar-refractivity contribution in [1.29, 1.82) is 0 Å². The predicted molar refractivity (Wildman–Crippen MR) is 73.9 cm³/mol. The van der Waals surface area contributed by atoms with Crippen LogP contribution in [0.5, 0.6) is 0 Å². The van der Waals surface area contributed by atoms with Crippen molar-refractivity contribution in [3.05, 3.63) is 0 Å². The summed E-state index contributed by atoms with van der Waals surface area (Å²) in [6.45, 7) is 5.34. The molecule has 0 saturated heterocycles. The van der Waals surface area contributed by atoms with E-state index in [4.69, 9.17) is 5.11 Å². The van der Waals surface area contributed by atoms with Crippen molar-refractivity contribution in [2.75, 3.05) is 13.1 Å². The summed E-state index contributed by atoms with van der Waals surface area (Å²) in [7, 11) is 0. The number of amides is 2. The van der Waals surface area contributed by atoms with E-state index in [2.05, 4.69) is 17.6 Å². The number of carboxylic acids is 1. The average Bonchev–Trinajstić information content (AvgIpc) is 2.77. The molecule has 0 heterocycles. The number of aliphatic carboxylic acids is 1. The van der Waals surface area contributed by atoms with Crippen molar-refractivity contribution in [2.45, 2.75) is 46.0 Å². The molecule has 1 fully saturated rings. The standard InChI is InChI=1S/C14H26N2O3/c1-3-11(7-13(17)18)8-15-14(19)16-9-12-5-4-10(2)6-12/h10-12H,3-9H2,1-2H3,(H,17,18)(H2,15,16,19). The van der Waals surface area contributed by atoms with Gasteiger partial charge in [-0.25, -0.2) is 4.79 Å². The lowest BCUT2D eigenvalue weighted by Gasteiger charge is -2.15. The molecule has 110 valence electrons. The summed E-state index contributed by atoms with van der Waals surface area (Å²) in [4.78, 5) is 22.2. The zero-order valence-electron chi connectivity index (χ0n) is 11.9. The van der Waals surface area contributed by atoms with E-state index in [9.17, 15) is 9.59 Å². The predicted octanol–water partition coefficient (Wildman–Crippen LogP) is 2.22. The van der Waals surface area contributed by atoms with Gasteiger partial charge in [0.05, 0.1) is 0 Å². The summed E-state index contributed by atoms with van der Waals surface area (Å²) in [6.07, 6.45) is 4.50. The minimum Gasteiger partial charge on any atom is -0.481 e. The summed E-state index contributed by atoms with van der Waals surface area (Å²) in [5.74, 6) is 0.570. The summed E-state index contributed by atoms with van der Waals surface area (Å²) in [5.41, 5.74) is 0. The van der Waals surface area contributed by atoms with Crippen LogP contribution in [-0.4, -0.2) is 30.2 Å². The zero-order valence-corrected chi connectivity index (χ0v) is 11.9. The molecule has 3 unspecified atom stereocenters. The molecule has 2 amide bonds. The van der Waals surface area contributed by atoms with Crippen LogP contribution in [0.15, 0.2) is 0 Å². The van der Waals surface area contributed by atoms with Gasteiger partial charge in [0.15, 0.2) is 0 Å². The Bertz CT molecular complexity index is 307. The lowest BCUT2D eigenvalue weighted by Crippen LogP contribution is -2.40. The molecule has 5 heteroatoms. The van der Waals surface area contributed by atoms with Crippen molar-refractivity contribution >= 4 is 12.0 Å². The van der Waals surface area contributed by atoms with Crippen LogP contribution in [0.2, 0.25) is 0 Å². The highest BCUT2D eigenvalue weighted by molar-refractivity contribution is 5.74. The van der Waals surface area contributed by atoms with E-state index in [0.29, 0.717) is 12.5 Å². The number of hydrogen-bond donors (Lipinski definition) is 3. The first-order valence-electron chi connectivity index (χ1n) is 7.24. The van der Waals surface area contributed by atoms with Crippen LogP contribution in [0.3, 0.4) is 0 Å². The number of rotatable bonds is 7. The molecule has 3 atom stereocenters. The molecule has 0 aromatic rings. The highest BCUT2D eigenvalue weighted by Gasteiger charge is 2.21. The molecule has 1 aliphatic rings. The maximum Gasteiger partial charge on any atom is 0.314 e. The van der Waals surface area contributed by atoms with Crippen molar-refractivity contribution in [1.82, 2.24) is 10.6 Å². The lowest BCUT2D eigenvalue weighted by atomic mass is 10.0. The van der Waals surface area contributed by atoms with E-state index in [-0.39, 0.29) is 18.4 Å². The molecule has 19 heavy (non-hydrogen) atoms. The van der Waals surface area contributed by atoms with Crippen LogP contribution in [0.4, 0.5) is 4.79 Å². The second kappa shape index (κ2) is 8.02. The van der Waals surface area contributed by atoms with Gasteiger partial charge in [-0.2, -0.15) is 0 Å². The maximum atomic E-state index is 11.6. The molecule has 0 bridgehead atoms. The SMILES string of the molecule is CCC(CNC(=O)NCC1CCC(C)C1)CC(=O)O. The average molecular weight is 270 g/mol. The van der Waals surface area contributed by atoms with Crippen molar-refractivity contribution in [3.63, 3.8) is 0 Å². The van der Waals surface area contributed by atoms with Gasteiger partial charge in [0, 0.05) is 19.5 Å². The van der Waals surface area contributed by atoms with Gasteiger partial charge in [0.1, 0.15) is 0 Å². The van der Waals surface area contributed by atoms with Crippen molar-refractivity contribution in [3.8, 4) is 0 Å².